The highest BCUT2D eigenvalue weighted by Gasteiger charge is 2.12. The van der Waals surface area contributed by atoms with Gasteiger partial charge in [0.1, 0.15) is 5.75 Å². The maximum absolute atomic E-state index is 11.7. The van der Waals surface area contributed by atoms with Crippen LogP contribution in [0.25, 0.3) is 0 Å². The van der Waals surface area contributed by atoms with Gasteiger partial charge in [0.05, 0.1) is 0 Å². The van der Waals surface area contributed by atoms with Gasteiger partial charge in [0.15, 0.2) is 0 Å². The molecule has 0 spiro atoms. The molecule has 2 rings (SSSR count). The van der Waals surface area contributed by atoms with Crippen molar-refractivity contribution in [1.29, 1.82) is 0 Å². The lowest BCUT2D eigenvalue weighted by Gasteiger charge is -2.12. The zero-order chi connectivity index (χ0) is 15.3. The van der Waals surface area contributed by atoms with E-state index in [1.54, 1.807) is 36.5 Å². The molecule has 0 aliphatic carbocycles. The Balaban J connectivity index is 2.05. The molecule has 112 valence electrons. The van der Waals surface area contributed by atoms with Crippen LogP contribution in [-0.2, 0) is 16.8 Å². The van der Waals surface area contributed by atoms with Crippen molar-refractivity contribution in [2.75, 3.05) is 14.1 Å². The van der Waals surface area contributed by atoms with Crippen LogP contribution in [0.5, 0.6) is 11.6 Å². The highest BCUT2D eigenvalue weighted by molar-refractivity contribution is 7.87. The summed E-state index contributed by atoms with van der Waals surface area (Å²) in [6.45, 7) is 0.194. The van der Waals surface area contributed by atoms with Gasteiger partial charge >= 0.3 is 0 Å². The first-order valence-electron chi connectivity index (χ1n) is 6.32. The Morgan fingerprint density at radius 1 is 1.19 bits per heavy atom. The second-order valence-corrected chi connectivity index (χ2v) is 6.50. The highest BCUT2D eigenvalue weighted by Crippen LogP contribution is 2.20. The average Bonchev–Trinajstić information content (AvgIpc) is 2.47. The Labute approximate surface area is 124 Å². The third-order valence-electron chi connectivity index (χ3n) is 2.70. The lowest BCUT2D eigenvalue weighted by Crippen LogP contribution is -2.35. The molecule has 0 radical (unpaired) electrons. The number of nitrogens with one attached hydrogen (secondary N) is 1. The van der Waals surface area contributed by atoms with Crippen molar-refractivity contribution >= 4 is 10.2 Å². The summed E-state index contributed by atoms with van der Waals surface area (Å²) in [5.41, 5.74) is 0.800. The molecule has 0 amide bonds. The lowest BCUT2D eigenvalue weighted by atomic mass is 10.2. The summed E-state index contributed by atoms with van der Waals surface area (Å²) in [4.78, 5) is 4.07. The van der Waals surface area contributed by atoms with E-state index >= 15 is 0 Å². The number of pyridine rings is 1. The Bertz CT molecular complexity index is 688. The van der Waals surface area contributed by atoms with Gasteiger partial charge in [0.2, 0.25) is 5.88 Å². The molecule has 0 saturated heterocycles. The molecule has 0 atom stereocenters. The van der Waals surface area contributed by atoms with Crippen LogP contribution in [0.15, 0.2) is 48.7 Å². The molecule has 21 heavy (non-hydrogen) atoms. The number of benzene rings is 1. The summed E-state index contributed by atoms with van der Waals surface area (Å²) < 4.78 is 32.5. The monoisotopic (exact) mass is 307 g/mol. The maximum atomic E-state index is 11.7. The van der Waals surface area contributed by atoms with E-state index in [0.29, 0.717) is 11.6 Å². The van der Waals surface area contributed by atoms with Gasteiger partial charge in [0.25, 0.3) is 10.2 Å². The third kappa shape index (κ3) is 4.52. The van der Waals surface area contributed by atoms with E-state index in [0.717, 1.165) is 9.87 Å². The van der Waals surface area contributed by atoms with E-state index in [1.807, 2.05) is 12.1 Å². The van der Waals surface area contributed by atoms with Crippen LogP contribution in [0.3, 0.4) is 0 Å². The maximum Gasteiger partial charge on any atom is 0.279 e. The number of rotatable bonds is 6. The fourth-order valence-electron chi connectivity index (χ4n) is 1.55. The fourth-order valence-corrected chi connectivity index (χ4v) is 2.16. The molecule has 1 aromatic carbocycles. The first-order chi connectivity index (χ1) is 9.97. The Morgan fingerprint density at radius 2 is 2.00 bits per heavy atom. The Hall–Kier alpha value is -1.96. The molecule has 1 heterocycles. The lowest BCUT2D eigenvalue weighted by molar-refractivity contribution is 0.462. The predicted octanol–water partition coefficient (Wildman–Crippen LogP) is 1.77. The summed E-state index contributed by atoms with van der Waals surface area (Å²) >= 11 is 0. The standard InChI is InChI=1S/C14H17N3O3S/c1-17(2)21(18,19)16-11-12-6-5-7-13(10-12)20-14-8-3-4-9-15-14/h3-10,16H,11H2,1-2H3. The van der Waals surface area contributed by atoms with Crippen molar-refractivity contribution in [3.8, 4) is 11.6 Å². The number of nitrogens with zero attached hydrogens (tertiary/aromatic N) is 2. The molecule has 7 heteroatoms. The highest BCUT2D eigenvalue weighted by atomic mass is 32.2. The van der Waals surface area contributed by atoms with E-state index in [4.69, 9.17) is 4.74 Å². The number of hydrogen-bond donors (Lipinski definition) is 1. The SMILES string of the molecule is CN(C)S(=O)(=O)NCc1cccc(Oc2ccccn2)c1. The molecule has 1 aromatic heterocycles. The van der Waals surface area contributed by atoms with Crippen molar-refractivity contribution in [1.82, 2.24) is 14.0 Å². The molecular formula is C14H17N3O3S. The summed E-state index contributed by atoms with van der Waals surface area (Å²) in [7, 11) is -0.488. The summed E-state index contributed by atoms with van der Waals surface area (Å²) in [6, 6.07) is 12.6. The second-order valence-electron chi connectivity index (χ2n) is 4.53. The summed E-state index contributed by atoms with van der Waals surface area (Å²) in [6.07, 6.45) is 1.64. The molecule has 0 fully saturated rings. The smallest absolute Gasteiger partial charge is 0.279 e. The van der Waals surface area contributed by atoms with Gasteiger partial charge in [-0.2, -0.15) is 17.4 Å². The normalized spacial score (nSPS) is 11.6. The Morgan fingerprint density at radius 3 is 2.67 bits per heavy atom. The average molecular weight is 307 g/mol. The fraction of sp³-hybridized carbons (Fsp3) is 0.214. The van der Waals surface area contributed by atoms with Crippen molar-refractivity contribution < 1.29 is 13.2 Å². The van der Waals surface area contributed by atoms with Crippen LogP contribution in [0.2, 0.25) is 0 Å². The van der Waals surface area contributed by atoms with Crippen molar-refractivity contribution in [2.45, 2.75) is 6.54 Å². The number of hydrogen-bond acceptors (Lipinski definition) is 4. The van der Waals surface area contributed by atoms with Gasteiger partial charge in [-0.05, 0) is 23.8 Å². The van der Waals surface area contributed by atoms with Crippen LogP contribution in [0.1, 0.15) is 5.56 Å². The van der Waals surface area contributed by atoms with Crippen LogP contribution in [-0.4, -0.2) is 31.8 Å². The Kier molecular flexibility index (Phi) is 4.89. The van der Waals surface area contributed by atoms with Gasteiger partial charge < -0.3 is 4.74 Å². The third-order valence-corrected chi connectivity index (χ3v) is 4.17. The van der Waals surface area contributed by atoms with Crippen molar-refractivity contribution in [2.24, 2.45) is 0 Å². The molecule has 0 unspecified atom stereocenters. The topological polar surface area (TPSA) is 71.5 Å². The molecule has 1 N–H and O–H groups in total. The van der Waals surface area contributed by atoms with Gasteiger partial charge in [-0.1, -0.05) is 18.2 Å². The molecule has 0 saturated carbocycles. The minimum absolute atomic E-state index is 0.194. The molecule has 6 nitrogen and oxygen atoms in total. The number of aromatic nitrogens is 1. The predicted molar refractivity (Wildman–Crippen MR) is 80.2 cm³/mol. The zero-order valence-electron chi connectivity index (χ0n) is 11.9. The van der Waals surface area contributed by atoms with Crippen LogP contribution in [0, 0.1) is 0 Å². The van der Waals surface area contributed by atoms with E-state index in [2.05, 4.69) is 9.71 Å². The van der Waals surface area contributed by atoms with Crippen LogP contribution >= 0.6 is 0 Å². The molecule has 2 aromatic rings. The quantitative estimate of drug-likeness (QED) is 0.883. The van der Waals surface area contributed by atoms with E-state index in [-0.39, 0.29) is 6.54 Å². The molecule has 0 aliphatic heterocycles. The minimum Gasteiger partial charge on any atom is -0.439 e. The first-order valence-corrected chi connectivity index (χ1v) is 7.76. The molecule has 0 bridgehead atoms. The van der Waals surface area contributed by atoms with E-state index in [1.165, 1.54) is 14.1 Å². The van der Waals surface area contributed by atoms with Crippen molar-refractivity contribution in [3.63, 3.8) is 0 Å². The number of ether oxygens (including phenoxy) is 1. The van der Waals surface area contributed by atoms with Gasteiger partial charge in [-0.15, -0.1) is 0 Å². The summed E-state index contributed by atoms with van der Waals surface area (Å²) in [5.74, 6) is 1.10. The molecule has 0 aliphatic rings. The zero-order valence-corrected chi connectivity index (χ0v) is 12.7. The van der Waals surface area contributed by atoms with Gasteiger partial charge in [-0.3, -0.25) is 0 Å². The minimum atomic E-state index is -3.44. The van der Waals surface area contributed by atoms with Crippen molar-refractivity contribution in [3.05, 3.63) is 54.2 Å². The van der Waals surface area contributed by atoms with Crippen LogP contribution < -0.4 is 9.46 Å². The second kappa shape index (κ2) is 6.66. The largest absolute Gasteiger partial charge is 0.439 e. The van der Waals surface area contributed by atoms with Crippen LogP contribution in [0.4, 0.5) is 0 Å². The van der Waals surface area contributed by atoms with E-state index in [9.17, 15) is 8.42 Å². The van der Waals surface area contributed by atoms with Gasteiger partial charge in [-0.25, -0.2) is 4.98 Å². The molecular weight excluding hydrogens is 290 g/mol. The first kappa shape index (κ1) is 15.4. The van der Waals surface area contributed by atoms with E-state index < -0.39 is 10.2 Å². The summed E-state index contributed by atoms with van der Waals surface area (Å²) in [5, 5.41) is 0. The van der Waals surface area contributed by atoms with Gasteiger partial charge in [0, 0.05) is 32.9 Å².